The Balaban J connectivity index is 2.60. The normalized spacial score (nSPS) is 11.9. The van der Waals surface area contributed by atoms with Gasteiger partial charge in [-0.05, 0) is 31.2 Å². The van der Waals surface area contributed by atoms with E-state index < -0.39 is 0 Å². The highest BCUT2D eigenvalue weighted by Gasteiger charge is 2.11. The largest absolute Gasteiger partial charge is 0.467 e. The fourth-order valence-electron chi connectivity index (χ4n) is 1.07. The smallest absolute Gasteiger partial charge is 0.327 e. The van der Waals surface area contributed by atoms with Crippen molar-refractivity contribution < 1.29 is 9.53 Å². The van der Waals surface area contributed by atoms with Gasteiger partial charge in [0.25, 0.3) is 0 Å². The number of ether oxygens (including phenoxy) is 1. The summed E-state index contributed by atoms with van der Waals surface area (Å²) in [5.41, 5.74) is 7.06. The minimum atomic E-state index is -0.358. The molecule has 1 unspecified atom stereocenters. The number of rotatable bonds is 3. The zero-order valence-corrected chi connectivity index (χ0v) is 8.28. The highest BCUT2D eigenvalue weighted by atomic mass is 16.5. The van der Waals surface area contributed by atoms with E-state index >= 15 is 0 Å². The van der Waals surface area contributed by atoms with Gasteiger partial charge in [-0.2, -0.15) is 0 Å². The summed E-state index contributed by atoms with van der Waals surface area (Å²) in [4.78, 5) is 11.1. The van der Waals surface area contributed by atoms with E-state index in [1.807, 2.05) is 12.1 Å². The summed E-state index contributed by atoms with van der Waals surface area (Å²) >= 11 is 0. The molecule has 0 aliphatic heterocycles. The van der Waals surface area contributed by atoms with E-state index in [1.54, 1.807) is 19.1 Å². The van der Waals surface area contributed by atoms with E-state index in [2.05, 4.69) is 10.1 Å². The van der Waals surface area contributed by atoms with Crippen molar-refractivity contribution in [1.82, 2.24) is 0 Å². The summed E-state index contributed by atoms with van der Waals surface area (Å²) < 4.78 is 4.58. The maximum absolute atomic E-state index is 11.1. The van der Waals surface area contributed by atoms with Crippen molar-refractivity contribution in [3.05, 3.63) is 24.3 Å². The van der Waals surface area contributed by atoms with Crippen LogP contribution in [0.15, 0.2) is 24.3 Å². The van der Waals surface area contributed by atoms with Crippen LogP contribution in [0.2, 0.25) is 0 Å². The molecule has 0 aliphatic rings. The average Bonchev–Trinajstić information content (AvgIpc) is 2.20. The summed E-state index contributed by atoms with van der Waals surface area (Å²) in [6.45, 7) is 1.74. The van der Waals surface area contributed by atoms with Crippen LogP contribution in [0, 0.1) is 0 Å². The van der Waals surface area contributed by atoms with E-state index in [0.29, 0.717) is 5.69 Å². The molecule has 0 heterocycles. The first-order valence-electron chi connectivity index (χ1n) is 4.33. The maximum atomic E-state index is 11.1. The van der Waals surface area contributed by atoms with Crippen LogP contribution in [0.1, 0.15) is 6.92 Å². The Hall–Kier alpha value is -1.71. The van der Waals surface area contributed by atoms with Crippen LogP contribution < -0.4 is 11.1 Å². The fraction of sp³-hybridized carbons (Fsp3) is 0.300. The third-order valence-electron chi connectivity index (χ3n) is 1.85. The second-order valence-electron chi connectivity index (χ2n) is 3.01. The number of benzene rings is 1. The number of anilines is 2. The van der Waals surface area contributed by atoms with Crippen molar-refractivity contribution in [2.45, 2.75) is 13.0 Å². The van der Waals surface area contributed by atoms with Gasteiger partial charge < -0.3 is 15.8 Å². The number of nitrogen functional groups attached to an aromatic ring is 1. The molecule has 0 amide bonds. The molecule has 3 N–H and O–H groups in total. The third kappa shape index (κ3) is 2.65. The van der Waals surface area contributed by atoms with Gasteiger partial charge in [0.2, 0.25) is 0 Å². The monoisotopic (exact) mass is 194 g/mol. The lowest BCUT2D eigenvalue weighted by Gasteiger charge is -2.12. The van der Waals surface area contributed by atoms with Gasteiger partial charge in [0.1, 0.15) is 6.04 Å². The molecular formula is C10H14N2O2. The van der Waals surface area contributed by atoms with Crippen LogP contribution >= 0.6 is 0 Å². The zero-order valence-electron chi connectivity index (χ0n) is 8.28. The number of hydrogen-bond donors (Lipinski definition) is 2. The summed E-state index contributed by atoms with van der Waals surface area (Å²) in [5.74, 6) is -0.290. The summed E-state index contributed by atoms with van der Waals surface area (Å²) in [6, 6.07) is 6.81. The molecule has 0 aliphatic carbocycles. The number of nitrogens with one attached hydrogen (secondary N) is 1. The quantitative estimate of drug-likeness (QED) is 0.561. The second kappa shape index (κ2) is 4.50. The number of carbonyl (C=O) groups is 1. The van der Waals surface area contributed by atoms with Gasteiger partial charge >= 0.3 is 5.97 Å². The average molecular weight is 194 g/mol. The number of carbonyl (C=O) groups excluding carboxylic acids is 1. The van der Waals surface area contributed by atoms with Crippen LogP contribution in [0.3, 0.4) is 0 Å². The molecule has 0 saturated carbocycles. The lowest BCUT2D eigenvalue weighted by atomic mass is 10.2. The van der Waals surface area contributed by atoms with Gasteiger partial charge in [-0.3, -0.25) is 0 Å². The van der Waals surface area contributed by atoms with Crippen LogP contribution in [0.5, 0.6) is 0 Å². The molecule has 0 fully saturated rings. The molecule has 14 heavy (non-hydrogen) atoms. The van der Waals surface area contributed by atoms with Crippen molar-refractivity contribution in [3.8, 4) is 0 Å². The summed E-state index contributed by atoms with van der Waals surface area (Å²) in [6.07, 6.45) is 0. The standard InChI is InChI=1S/C10H14N2O2/c1-7(10(13)14-2)12-9-5-3-8(11)4-6-9/h3-7,12H,11H2,1-2H3. The first-order valence-corrected chi connectivity index (χ1v) is 4.33. The Morgan fingerprint density at radius 3 is 2.50 bits per heavy atom. The van der Waals surface area contributed by atoms with E-state index in [-0.39, 0.29) is 12.0 Å². The first kappa shape index (κ1) is 10.4. The molecule has 0 spiro atoms. The van der Waals surface area contributed by atoms with Gasteiger partial charge in [0, 0.05) is 11.4 Å². The molecular weight excluding hydrogens is 180 g/mol. The molecule has 0 radical (unpaired) electrons. The van der Waals surface area contributed by atoms with Crippen LogP contribution in [-0.2, 0) is 9.53 Å². The lowest BCUT2D eigenvalue weighted by Crippen LogP contribution is -2.27. The highest BCUT2D eigenvalue weighted by Crippen LogP contribution is 2.11. The van der Waals surface area contributed by atoms with Crippen molar-refractivity contribution in [3.63, 3.8) is 0 Å². The molecule has 1 rings (SSSR count). The lowest BCUT2D eigenvalue weighted by molar-refractivity contribution is -0.141. The topological polar surface area (TPSA) is 64.3 Å². The molecule has 0 saturated heterocycles. The zero-order chi connectivity index (χ0) is 10.6. The molecule has 0 aromatic heterocycles. The second-order valence-corrected chi connectivity index (χ2v) is 3.01. The molecule has 0 bridgehead atoms. The minimum absolute atomic E-state index is 0.290. The Bertz CT molecular complexity index is 308. The number of nitrogens with two attached hydrogens (primary N) is 1. The van der Waals surface area contributed by atoms with Crippen molar-refractivity contribution in [2.24, 2.45) is 0 Å². The van der Waals surface area contributed by atoms with E-state index in [1.165, 1.54) is 7.11 Å². The Labute approximate surface area is 83.1 Å². The minimum Gasteiger partial charge on any atom is -0.467 e. The van der Waals surface area contributed by atoms with Crippen LogP contribution in [0.25, 0.3) is 0 Å². The van der Waals surface area contributed by atoms with E-state index in [9.17, 15) is 4.79 Å². The van der Waals surface area contributed by atoms with Gasteiger partial charge in [0.15, 0.2) is 0 Å². The van der Waals surface area contributed by atoms with Gasteiger partial charge in [-0.1, -0.05) is 0 Å². The van der Waals surface area contributed by atoms with Crippen LogP contribution in [0.4, 0.5) is 11.4 Å². The van der Waals surface area contributed by atoms with Gasteiger partial charge in [-0.15, -0.1) is 0 Å². The Kier molecular flexibility index (Phi) is 3.34. The predicted molar refractivity (Wildman–Crippen MR) is 56.0 cm³/mol. The maximum Gasteiger partial charge on any atom is 0.327 e. The highest BCUT2D eigenvalue weighted by molar-refractivity contribution is 5.78. The van der Waals surface area contributed by atoms with Crippen LogP contribution in [-0.4, -0.2) is 19.1 Å². The number of hydrogen-bond acceptors (Lipinski definition) is 4. The molecule has 1 aromatic carbocycles. The fourth-order valence-corrected chi connectivity index (χ4v) is 1.07. The summed E-state index contributed by atoms with van der Waals surface area (Å²) in [7, 11) is 1.36. The van der Waals surface area contributed by atoms with E-state index in [0.717, 1.165) is 5.69 Å². The Morgan fingerprint density at radius 2 is 2.00 bits per heavy atom. The van der Waals surface area contributed by atoms with Gasteiger partial charge in [0.05, 0.1) is 7.11 Å². The van der Waals surface area contributed by atoms with Crippen molar-refractivity contribution in [2.75, 3.05) is 18.2 Å². The van der Waals surface area contributed by atoms with Gasteiger partial charge in [-0.25, -0.2) is 4.79 Å². The van der Waals surface area contributed by atoms with E-state index in [4.69, 9.17) is 5.73 Å². The molecule has 76 valence electrons. The molecule has 4 heteroatoms. The SMILES string of the molecule is COC(=O)C(C)Nc1ccc(N)cc1. The van der Waals surface area contributed by atoms with Crippen molar-refractivity contribution in [1.29, 1.82) is 0 Å². The third-order valence-corrected chi connectivity index (χ3v) is 1.85. The number of esters is 1. The number of methoxy groups -OCH3 is 1. The Morgan fingerprint density at radius 1 is 1.43 bits per heavy atom. The first-order chi connectivity index (χ1) is 6.63. The van der Waals surface area contributed by atoms with Crippen molar-refractivity contribution >= 4 is 17.3 Å². The molecule has 4 nitrogen and oxygen atoms in total. The molecule has 1 aromatic rings. The molecule has 1 atom stereocenters. The predicted octanol–water partition coefficient (Wildman–Crippen LogP) is 1.24. The summed E-state index contributed by atoms with van der Waals surface area (Å²) in [5, 5.41) is 2.99.